The molecular formula is C48H54ClFN8O9. The molecule has 4 aromatic rings. The third-order valence-corrected chi connectivity index (χ3v) is 12.2. The zero-order valence-corrected chi connectivity index (χ0v) is 37.9. The van der Waals surface area contributed by atoms with Crippen molar-refractivity contribution in [1.29, 1.82) is 0 Å². The number of likely N-dealkylation sites (N-methyl/N-ethyl adjacent to an activating group) is 1. The molecule has 67 heavy (non-hydrogen) atoms. The van der Waals surface area contributed by atoms with Gasteiger partial charge in [0.1, 0.15) is 53.9 Å². The first-order valence-corrected chi connectivity index (χ1v) is 22.2. The van der Waals surface area contributed by atoms with Crippen LogP contribution >= 0.6 is 11.6 Å². The fourth-order valence-electron chi connectivity index (χ4n) is 8.26. The Morgan fingerprint density at radius 2 is 1.51 bits per heavy atom. The average molecular weight is 941 g/mol. The van der Waals surface area contributed by atoms with Crippen LogP contribution in [0.15, 0.2) is 84.9 Å². The number of alkyl halides is 1. The Morgan fingerprint density at radius 1 is 0.881 bits per heavy atom. The molecule has 0 radical (unpaired) electrons. The number of nitrogens with two attached hydrogens (primary N) is 2. The van der Waals surface area contributed by atoms with Gasteiger partial charge in [-0.05, 0) is 110 Å². The molecule has 4 aromatic carbocycles. The molecule has 0 aliphatic carbocycles. The second kappa shape index (κ2) is 21.5. The van der Waals surface area contributed by atoms with Crippen molar-refractivity contribution >= 4 is 53.0 Å². The fraction of sp³-hybridized carbons (Fsp3) is 0.354. The highest BCUT2D eigenvalue weighted by atomic mass is 35.5. The quantitative estimate of drug-likeness (QED) is 0.0909. The van der Waals surface area contributed by atoms with Crippen molar-refractivity contribution < 1.29 is 48.2 Å². The van der Waals surface area contributed by atoms with E-state index in [-0.39, 0.29) is 53.0 Å². The topological polar surface area (TPSA) is 267 Å². The van der Waals surface area contributed by atoms with Crippen LogP contribution in [-0.2, 0) is 35.2 Å². The number of primary amides is 1. The predicted molar refractivity (Wildman–Crippen MR) is 247 cm³/mol. The van der Waals surface area contributed by atoms with Gasteiger partial charge in [-0.2, -0.15) is 0 Å². The van der Waals surface area contributed by atoms with Crippen LogP contribution in [-0.4, -0.2) is 118 Å². The maximum atomic E-state index is 14.6. The zero-order chi connectivity index (χ0) is 48.7. The summed E-state index contributed by atoms with van der Waals surface area (Å²) in [5.74, 6) is -6.03. The van der Waals surface area contributed by atoms with Crippen LogP contribution in [0.3, 0.4) is 0 Å². The van der Waals surface area contributed by atoms with Gasteiger partial charge in [-0.1, -0.05) is 48.0 Å². The van der Waals surface area contributed by atoms with Crippen molar-refractivity contribution in [3.8, 4) is 33.8 Å². The third kappa shape index (κ3) is 11.7. The number of nitrogens with zero attached hydrogens (tertiary/aromatic N) is 2. The van der Waals surface area contributed by atoms with E-state index in [1.54, 1.807) is 36.4 Å². The molecule has 0 aromatic heterocycles. The molecule has 17 nitrogen and oxygen atoms in total. The van der Waals surface area contributed by atoms with Gasteiger partial charge in [-0.25, -0.2) is 4.39 Å². The van der Waals surface area contributed by atoms with Gasteiger partial charge in [0.25, 0.3) is 5.91 Å². The Balaban J connectivity index is 1.29. The van der Waals surface area contributed by atoms with E-state index in [1.165, 1.54) is 57.3 Å². The summed E-state index contributed by atoms with van der Waals surface area (Å²) in [5.41, 5.74) is 13.9. The number of hydrogen-bond donors (Lipinski definition) is 8. The number of halogens is 2. The Morgan fingerprint density at radius 3 is 2.15 bits per heavy atom. The summed E-state index contributed by atoms with van der Waals surface area (Å²) < 4.78 is 14.3. The smallest absolute Gasteiger partial charge is 0.251 e. The number of carbonyl (C=O) groups is 7. The summed E-state index contributed by atoms with van der Waals surface area (Å²) in [6.45, 7) is 2.61. The standard InChI is InChI=1S/C48H54ClFN8O9/c1-25-43(62)56-37(45(64)54-26(2)47(66)58-24-33(50)23-38(58)42(52)61)21-27-7-17-39(59)34(20-27)35-22-31(14-18-40(35)60)41(46(65)53-25)57(3)48(67)36(6-4-5-19-51)55-44(63)30-10-8-28(9-11-30)29-12-15-32(49)16-13-29/h7-18,20,22,25-26,33,36-38,41,59-60H,4-6,19,21,23-24,51H2,1-3H3,(H2,52,61)(H,53,65)(H,54,64)(H,55,63)(H,56,62)/t25-,26-,33-,36-,37-,38-,41-/m0/s1. The highest BCUT2D eigenvalue weighted by molar-refractivity contribution is 6.30. The molecule has 354 valence electrons. The third-order valence-electron chi connectivity index (χ3n) is 12.0. The van der Waals surface area contributed by atoms with Crippen molar-refractivity contribution in [3.05, 3.63) is 107 Å². The van der Waals surface area contributed by atoms with Crippen LogP contribution < -0.4 is 32.7 Å². The Hall–Kier alpha value is -7.05. The van der Waals surface area contributed by atoms with E-state index >= 15 is 0 Å². The van der Waals surface area contributed by atoms with Crippen molar-refractivity contribution in [2.75, 3.05) is 20.1 Å². The van der Waals surface area contributed by atoms with E-state index in [9.17, 15) is 48.2 Å². The normalized spacial score (nSPS) is 20.3. The molecule has 2 aliphatic heterocycles. The highest BCUT2D eigenvalue weighted by Gasteiger charge is 2.41. The number of hydrogen-bond acceptors (Lipinski definition) is 10. The molecule has 7 atom stereocenters. The first kappa shape index (κ1) is 49.4. The molecule has 2 heterocycles. The first-order chi connectivity index (χ1) is 31.9. The van der Waals surface area contributed by atoms with E-state index in [2.05, 4.69) is 21.3 Å². The second-order valence-corrected chi connectivity index (χ2v) is 17.3. The lowest BCUT2D eigenvalue weighted by Gasteiger charge is -2.32. The molecule has 4 bridgehead atoms. The van der Waals surface area contributed by atoms with E-state index in [0.29, 0.717) is 30.0 Å². The Bertz CT molecular complexity index is 2530. The number of unbranched alkanes of at least 4 members (excludes halogenated alkanes) is 1. The predicted octanol–water partition coefficient (Wildman–Crippen LogP) is 2.99. The number of aromatic hydroxyl groups is 2. The summed E-state index contributed by atoms with van der Waals surface area (Å²) in [4.78, 5) is 98.1. The largest absolute Gasteiger partial charge is 0.507 e. The van der Waals surface area contributed by atoms with Gasteiger partial charge in [0.05, 0.1) is 6.54 Å². The average Bonchev–Trinajstić information content (AvgIpc) is 3.70. The monoisotopic (exact) mass is 940 g/mol. The minimum absolute atomic E-state index is 0.0560. The number of rotatable bonds is 13. The van der Waals surface area contributed by atoms with Crippen molar-refractivity contribution in [2.24, 2.45) is 11.5 Å². The molecule has 19 heteroatoms. The number of carbonyl (C=O) groups excluding carboxylic acids is 7. The molecule has 2 aliphatic rings. The van der Waals surface area contributed by atoms with Gasteiger partial charge in [-0.15, -0.1) is 0 Å². The molecule has 1 fully saturated rings. The molecule has 7 amide bonds. The molecule has 1 saturated heterocycles. The lowest BCUT2D eigenvalue weighted by molar-refractivity contribution is -0.142. The van der Waals surface area contributed by atoms with Crippen LogP contribution in [0.2, 0.25) is 5.02 Å². The molecule has 6 rings (SSSR count). The summed E-state index contributed by atoms with van der Waals surface area (Å²) in [7, 11) is 1.36. The van der Waals surface area contributed by atoms with Crippen molar-refractivity contribution in [1.82, 2.24) is 31.1 Å². The summed E-state index contributed by atoms with van der Waals surface area (Å²) in [6, 6.07) is 14.5. The van der Waals surface area contributed by atoms with E-state index < -0.39 is 90.3 Å². The van der Waals surface area contributed by atoms with Gasteiger partial charge in [0.15, 0.2) is 0 Å². The second-order valence-electron chi connectivity index (χ2n) is 16.8. The van der Waals surface area contributed by atoms with Crippen LogP contribution in [0.4, 0.5) is 4.39 Å². The number of amides is 7. The van der Waals surface area contributed by atoms with Gasteiger partial charge in [-0.3, -0.25) is 33.6 Å². The van der Waals surface area contributed by atoms with Gasteiger partial charge in [0, 0.05) is 41.6 Å². The van der Waals surface area contributed by atoms with Crippen LogP contribution in [0.1, 0.15) is 67.1 Å². The van der Waals surface area contributed by atoms with Crippen molar-refractivity contribution in [3.63, 3.8) is 0 Å². The van der Waals surface area contributed by atoms with Gasteiger partial charge < -0.3 is 52.7 Å². The van der Waals surface area contributed by atoms with Gasteiger partial charge in [0.2, 0.25) is 35.4 Å². The maximum Gasteiger partial charge on any atom is 0.251 e. The lowest BCUT2D eigenvalue weighted by atomic mass is 9.93. The molecular weight excluding hydrogens is 887 g/mol. The Labute approximate surface area is 391 Å². The van der Waals surface area contributed by atoms with Crippen molar-refractivity contribution in [2.45, 2.75) is 88.4 Å². The maximum absolute atomic E-state index is 14.6. The van der Waals surface area contributed by atoms with Crippen LogP contribution in [0.5, 0.6) is 11.5 Å². The SMILES string of the molecule is C[C@@H]1NC(=O)[C@@H](N(C)C(=O)[C@H](CCCCN)NC(=O)c2ccc(-c3ccc(Cl)cc3)cc2)c2ccc(O)c(c2)-c2cc(ccc2O)C[C@@H](C(=O)N[C@@H](C)C(=O)N2C[C@@H](F)C[C@H]2C(N)=O)NC1=O. The molecule has 10 N–H and O–H groups in total. The minimum Gasteiger partial charge on any atom is -0.507 e. The molecule has 0 saturated carbocycles. The zero-order valence-electron chi connectivity index (χ0n) is 37.1. The number of benzene rings is 4. The Kier molecular flexibility index (Phi) is 15.8. The number of nitrogens with one attached hydrogen (secondary N) is 4. The highest BCUT2D eigenvalue weighted by Crippen LogP contribution is 2.39. The van der Waals surface area contributed by atoms with E-state index in [0.717, 1.165) is 20.9 Å². The van der Waals surface area contributed by atoms with E-state index in [1.807, 2.05) is 12.1 Å². The number of likely N-dealkylation sites (tertiary alicyclic amines) is 1. The summed E-state index contributed by atoms with van der Waals surface area (Å²) in [6.07, 6.45) is -0.879. The van der Waals surface area contributed by atoms with E-state index in [4.69, 9.17) is 23.1 Å². The number of phenolic OH excluding ortho intramolecular Hbond substituents is 2. The number of phenols is 2. The molecule has 0 spiro atoms. The lowest BCUT2D eigenvalue weighted by Crippen LogP contribution is -2.58. The van der Waals surface area contributed by atoms with Crippen LogP contribution in [0, 0.1) is 0 Å². The fourth-order valence-corrected chi connectivity index (χ4v) is 8.39. The summed E-state index contributed by atoms with van der Waals surface area (Å²) >= 11 is 6.05. The number of fused-ring (bicyclic) bond motifs is 5. The summed E-state index contributed by atoms with van der Waals surface area (Å²) in [5, 5.41) is 33.5. The van der Waals surface area contributed by atoms with Gasteiger partial charge >= 0.3 is 0 Å². The minimum atomic E-state index is -1.50. The van der Waals surface area contributed by atoms with Crippen LogP contribution in [0.25, 0.3) is 22.3 Å². The first-order valence-electron chi connectivity index (χ1n) is 21.8. The molecule has 0 unspecified atom stereocenters.